The minimum atomic E-state index is -0.784. The van der Waals surface area contributed by atoms with Crippen molar-refractivity contribution in [3.05, 3.63) is 41.1 Å². The number of likely N-dealkylation sites (tertiary alicyclic amines) is 1. The molecule has 0 N–H and O–H groups in total. The van der Waals surface area contributed by atoms with Crippen LogP contribution in [0.25, 0.3) is 10.9 Å². The van der Waals surface area contributed by atoms with E-state index >= 15 is 0 Å². The highest BCUT2D eigenvalue weighted by Gasteiger charge is 2.25. The molecule has 1 aromatic carbocycles. The van der Waals surface area contributed by atoms with E-state index in [-0.39, 0.29) is 5.91 Å². The standard InChI is InChI=1S/C21H26N2O3/c1-14-8-9-19-17(12-14)13-18(15(2)22-19)21(25)26-16(3)20(24)23-10-6-4-5-7-11-23/h8-9,12-13,16H,4-7,10-11H2,1-3H3/t16-/m1/s1. The Morgan fingerprint density at radius 1 is 1.08 bits per heavy atom. The summed E-state index contributed by atoms with van der Waals surface area (Å²) in [6.45, 7) is 6.93. The maximum absolute atomic E-state index is 12.6. The molecule has 0 radical (unpaired) electrons. The third kappa shape index (κ3) is 4.03. The first-order valence-corrected chi connectivity index (χ1v) is 9.33. The quantitative estimate of drug-likeness (QED) is 0.787. The van der Waals surface area contributed by atoms with Gasteiger partial charge in [0, 0.05) is 18.5 Å². The fourth-order valence-electron chi connectivity index (χ4n) is 3.42. The zero-order valence-corrected chi connectivity index (χ0v) is 15.7. The molecular formula is C21H26N2O3. The van der Waals surface area contributed by atoms with Gasteiger partial charge in [0.25, 0.3) is 5.91 Å². The van der Waals surface area contributed by atoms with E-state index in [2.05, 4.69) is 4.98 Å². The molecule has 2 aromatic rings. The van der Waals surface area contributed by atoms with Gasteiger partial charge in [-0.15, -0.1) is 0 Å². The SMILES string of the molecule is Cc1ccc2nc(C)c(C(=O)O[C@H](C)C(=O)N3CCCCCC3)cc2c1. The zero-order chi connectivity index (χ0) is 18.7. The third-order valence-corrected chi connectivity index (χ3v) is 4.93. The predicted octanol–water partition coefficient (Wildman–Crippen LogP) is 3.80. The van der Waals surface area contributed by atoms with Gasteiger partial charge in [-0.2, -0.15) is 0 Å². The van der Waals surface area contributed by atoms with Crippen LogP contribution >= 0.6 is 0 Å². The van der Waals surface area contributed by atoms with Crippen molar-refractivity contribution in [3.63, 3.8) is 0 Å². The van der Waals surface area contributed by atoms with Gasteiger partial charge in [0.2, 0.25) is 0 Å². The lowest BCUT2D eigenvalue weighted by Gasteiger charge is -2.24. The van der Waals surface area contributed by atoms with Crippen LogP contribution in [0.5, 0.6) is 0 Å². The van der Waals surface area contributed by atoms with Crippen LogP contribution in [0.3, 0.4) is 0 Å². The largest absolute Gasteiger partial charge is 0.449 e. The fraction of sp³-hybridized carbons (Fsp3) is 0.476. The van der Waals surface area contributed by atoms with E-state index in [0.717, 1.165) is 55.2 Å². The molecule has 138 valence electrons. The Balaban J connectivity index is 1.75. The molecule has 1 aliphatic rings. The molecule has 1 amide bonds. The van der Waals surface area contributed by atoms with Crippen molar-refractivity contribution in [2.45, 2.75) is 52.6 Å². The Hall–Kier alpha value is -2.43. The number of pyridine rings is 1. The molecule has 0 spiro atoms. The van der Waals surface area contributed by atoms with Gasteiger partial charge in [0.1, 0.15) is 0 Å². The van der Waals surface area contributed by atoms with Crippen molar-refractivity contribution in [2.75, 3.05) is 13.1 Å². The summed E-state index contributed by atoms with van der Waals surface area (Å²) in [4.78, 5) is 31.5. The first-order valence-electron chi connectivity index (χ1n) is 9.33. The number of carbonyl (C=O) groups excluding carboxylic acids is 2. The summed E-state index contributed by atoms with van der Waals surface area (Å²) in [7, 11) is 0. The molecule has 2 heterocycles. The van der Waals surface area contributed by atoms with E-state index in [4.69, 9.17) is 4.74 Å². The van der Waals surface area contributed by atoms with Crippen molar-refractivity contribution >= 4 is 22.8 Å². The number of amides is 1. The smallest absolute Gasteiger partial charge is 0.340 e. The molecule has 0 bridgehead atoms. The van der Waals surface area contributed by atoms with Gasteiger partial charge in [0.05, 0.1) is 16.8 Å². The van der Waals surface area contributed by atoms with Crippen molar-refractivity contribution < 1.29 is 14.3 Å². The molecule has 5 nitrogen and oxygen atoms in total. The number of hydrogen-bond donors (Lipinski definition) is 0. The van der Waals surface area contributed by atoms with E-state index < -0.39 is 12.1 Å². The molecule has 0 unspecified atom stereocenters. The van der Waals surface area contributed by atoms with Crippen LogP contribution in [0, 0.1) is 13.8 Å². The number of hydrogen-bond acceptors (Lipinski definition) is 4. The number of ether oxygens (including phenoxy) is 1. The average Bonchev–Trinajstić information content (AvgIpc) is 2.90. The zero-order valence-electron chi connectivity index (χ0n) is 15.7. The van der Waals surface area contributed by atoms with E-state index in [9.17, 15) is 9.59 Å². The maximum Gasteiger partial charge on any atom is 0.340 e. The average molecular weight is 354 g/mol. The van der Waals surface area contributed by atoms with E-state index in [1.54, 1.807) is 19.9 Å². The third-order valence-electron chi connectivity index (χ3n) is 4.93. The lowest BCUT2D eigenvalue weighted by molar-refractivity contribution is -0.139. The van der Waals surface area contributed by atoms with Crippen LogP contribution in [0.1, 0.15) is 54.2 Å². The molecule has 0 aliphatic carbocycles. The summed E-state index contributed by atoms with van der Waals surface area (Å²) < 4.78 is 5.48. The molecule has 1 aromatic heterocycles. The van der Waals surface area contributed by atoms with Crippen LogP contribution in [0.2, 0.25) is 0 Å². The van der Waals surface area contributed by atoms with E-state index in [0.29, 0.717) is 11.3 Å². The molecule has 1 atom stereocenters. The monoisotopic (exact) mass is 354 g/mol. The molecule has 3 rings (SSSR count). The molecule has 1 aliphatic heterocycles. The second-order valence-electron chi connectivity index (χ2n) is 7.10. The van der Waals surface area contributed by atoms with Crippen molar-refractivity contribution in [3.8, 4) is 0 Å². The second-order valence-corrected chi connectivity index (χ2v) is 7.10. The first kappa shape index (κ1) is 18.4. The number of rotatable bonds is 3. The van der Waals surface area contributed by atoms with Crippen LogP contribution in [0.4, 0.5) is 0 Å². The highest BCUT2D eigenvalue weighted by Crippen LogP contribution is 2.20. The normalized spacial score (nSPS) is 16.2. The fourth-order valence-corrected chi connectivity index (χ4v) is 3.42. The number of carbonyl (C=O) groups is 2. The number of aromatic nitrogens is 1. The van der Waals surface area contributed by atoms with Gasteiger partial charge in [-0.05, 0) is 51.8 Å². The summed E-state index contributed by atoms with van der Waals surface area (Å²) in [5.74, 6) is -0.600. The van der Waals surface area contributed by atoms with Crippen molar-refractivity contribution in [2.24, 2.45) is 0 Å². The minimum Gasteiger partial charge on any atom is -0.449 e. The van der Waals surface area contributed by atoms with Crippen LogP contribution < -0.4 is 0 Å². The molecule has 26 heavy (non-hydrogen) atoms. The molecule has 1 saturated heterocycles. The van der Waals surface area contributed by atoms with Crippen molar-refractivity contribution in [1.82, 2.24) is 9.88 Å². The Morgan fingerprint density at radius 3 is 2.46 bits per heavy atom. The van der Waals surface area contributed by atoms with Gasteiger partial charge in [-0.25, -0.2) is 4.79 Å². The van der Waals surface area contributed by atoms with Gasteiger partial charge in [0.15, 0.2) is 6.10 Å². The Bertz CT molecular complexity index is 823. The topological polar surface area (TPSA) is 59.5 Å². The van der Waals surface area contributed by atoms with Crippen LogP contribution in [0.15, 0.2) is 24.3 Å². The Morgan fingerprint density at radius 2 is 1.77 bits per heavy atom. The Kier molecular flexibility index (Phi) is 5.55. The van der Waals surface area contributed by atoms with Crippen molar-refractivity contribution in [1.29, 1.82) is 0 Å². The molecule has 5 heteroatoms. The maximum atomic E-state index is 12.6. The molecule has 1 fully saturated rings. The number of fused-ring (bicyclic) bond motifs is 1. The van der Waals surface area contributed by atoms with Gasteiger partial charge in [-0.1, -0.05) is 24.5 Å². The molecular weight excluding hydrogens is 328 g/mol. The predicted molar refractivity (Wildman–Crippen MR) is 101 cm³/mol. The summed E-state index contributed by atoms with van der Waals surface area (Å²) in [5.41, 5.74) is 2.98. The summed E-state index contributed by atoms with van der Waals surface area (Å²) in [5, 5.41) is 0.897. The number of benzene rings is 1. The second kappa shape index (κ2) is 7.85. The molecule has 0 saturated carbocycles. The summed E-state index contributed by atoms with van der Waals surface area (Å²) >= 11 is 0. The lowest BCUT2D eigenvalue weighted by Crippen LogP contribution is -2.40. The highest BCUT2D eigenvalue weighted by molar-refractivity contribution is 5.96. The summed E-state index contributed by atoms with van der Waals surface area (Å²) in [6.07, 6.45) is 3.55. The highest BCUT2D eigenvalue weighted by atomic mass is 16.5. The van der Waals surface area contributed by atoms with E-state index in [1.165, 1.54) is 0 Å². The first-order chi connectivity index (χ1) is 12.5. The van der Waals surface area contributed by atoms with Gasteiger partial charge in [-0.3, -0.25) is 9.78 Å². The van der Waals surface area contributed by atoms with Gasteiger partial charge >= 0.3 is 5.97 Å². The minimum absolute atomic E-state index is 0.109. The number of nitrogens with zero attached hydrogens (tertiary/aromatic N) is 2. The van der Waals surface area contributed by atoms with Crippen LogP contribution in [-0.4, -0.2) is 41.0 Å². The lowest BCUT2D eigenvalue weighted by atomic mass is 10.1. The Labute approximate surface area is 154 Å². The number of esters is 1. The van der Waals surface area contributed by atoms with Crippen LogP contribution in [-0.2, 0) is 9.53 Å². The number of aryl methyl sites for hydroxylation is 2. The summed E-state index contributed by atoms with van der Waals surface area (Å²) in [6, 6.07) is 7.73. The van der Waals surface area contributed by atoms with E-state index in [1.807, 2.05) is 30.0 Å². The van der Waals surface area contributed by atoms with Gasteiger partial charge < -0.3 is 9.64 Å².